The van der Waals surface area contributed by atoms with Gasteiger partial charge in [-0.05, 0) is 90.9 Å². The van der Waals surface area contributed by atoms with Crippen LogP contribution in [0.4, 0.5) is 0 Å². The summed E-state index contributed by atoms with van der Waals surface area (Å²) in [7, 11) is 0. The number of ether oxygens (including phenoxy) is 2. The average Bonchev–Trinajstić information content (AvgIpc) is 3.22. The maximum absolute atomic E-state index is 12.1. The van der Waals surface area contributed by atoms with Gasteiger partial charge in [0.05, 0.1) is 35.9 Å². The second-order valence-corrected chi connectivity index (χ2v) is 18.1. The van der Waals surface area contributed by atoms with Gasteiger partial charge in [-0.3, -0.25) is 43.2 Å². The number of amides is 5. The van der Waals surface area contributed by atoms with Gasteiger partial charge < -0.3 is 56.2 Å². The molecule has 68 heavy (non-hydrogen) atoms. The third-order valence-corrected chi connectivity index (χ3v) is 13.4. The third-order valence-electron chi connectivity index (χ3n) is 13.4. The molecule has 22 heteroatoms. The van der Waals surface area contributed by atoms with E-state index in [-0.39, 0.29) is 102 Å². The van der Waals surface area contributed by atoms with Crippen molar-refractivity contribution >= 4 is 70.4 Å². The van der Waals surface area contributed by atoms with E-state index < -0.39 is 28.2 Å². The zero-order valence-electron chi connectivity index (χ0n) is 40.8. The average molecular weight is 1030 g/mol. The molecular formula is C46H78BrLiN6O14. The van der Waals surface area contributed by atoms with Crippen LogP contribution in [0.15, 0.2) is 0 Å². The summed E-state index contributed by atoms with van der Waals surface area (Å²) in [6, 6.07) is 0. The van der Waals surface area contributed by atoms with Gasteiger partial charge in [-0.25, -0.2) is 0 Å². The first-order valence-electron chi connectivity index (χ1n) is 23.9. The summed E-state index contributed by atoms with van der Waals surface area (Å²) in [5.41, 5.74) is 3.17. The van der Waals surface area contributed by atoms with Crippen molar-refractivity contribution in [3.05, 3.63) is 0 Å². The zero-order chi connectivity index (χ0) is 47.9. The van der Waals surface area contributed by atoms with Crippen LogP contribution in [0.5, 0.6) is 0 Å². The van der Waals surface area contributed by atoms with E-state index in [1.807, 2.05) is 4.90 Å². The minimum absolute atomic E-state index is 0. The zero-order valence-corrected chi connectivity index (χ0v) is 42.5. The van der Waals surface area contributed by atoms with Crippen molar-refractivity contribution in [3.8, 4) is 0 Å². The molecule has 3 aliphatic carbocycles. The summed E-state index contributed by atoms with van der Waals surface area (Å²) in [5.74, 6) is -2.15. The number of piperidine rings is 3. The Kier molecular flexibility index (Phi) is 31.1. The topological polar surface area (TPSA) is 302 Å². The van der Waals surface area contributed by atoms with E-state index in [0.29, 0.717) is 84.5 Å². The molecule has 0 aromatic carbocycles. The number of likely N-dealkylation sites (tertiary alicyclic amines) is 3. The van der Waals surface area contributed by atoms with Gasteiger partial charge in [0.2, 0.25) is 29.5 Å². The van der Waals surface area contributed by atoms with Crippen molar-refractivity contribution in [2.24, 2.45) is 22.0 Å². The number of nitrogens with two attached hydrogens (primary N) is 1. The fourth-order valence-electron chi connectivity index (χ4n) is 8.89. The molecule has 5 amide bonds. The monoisotopic (exact) mass is 1020 g/mol. The second kappa shape index (κ2) is 32.9. The smallest absolute Gasteiger partial charge is 0.870 e. The Morgan fingerprint density at radius 2 is 0.897 bits per heavy atom. The summed E-state index contributed by atoms with van der Waals surface area (Å²) in [6.45, 7) is 9.87. The van der Waals surface area contributed by atoms with Crippen molar-refractivity contribution in [1.29, 1.82) is 0 Å². The predicted molar refractivity (Wildman–Crippen MR) is 250 cm³/mol. The molecule has 6 fully saturated rings. The van der Waals surface area contributed by atoms with Crippen LogP contribution >= 0.6 is 17.0 Å². The number of nitrogens with zero attached hydrogens (tertiary/aromatic N) is 3. The molecule has 3 aliphatic heterocycles. The number of nitrogens with one attached hydrogen (secondary N) is 2. The fraction of sp³-hybridized carbons (Fsp3) is 0.804. The van der Waals surface area contributed by atoms with E-state index in [1.165, 1.54) is 0 Å². The van der Waals surface area contributed by atoms with Crippen LogP contribution in [-0.4, -0.2) is 156 Å². The van der Waals surface area contributed by atoms with Crippen LogP contribution in [0.1, 0.15) is 149 Å². The summed E-state index contributed by atoms with van der Waals surface area (Å²) >= 11 is 0. The Morgan fingerprint density at radius 1 is 0.559 bits per heavy atom. The predicted octanol–water partition coefficient (Wildman–Crippen LogP) is 0.556. The third kappa shape index (κ3) is 20.3. The Labute approximate surface area is 423 Å². The standard InChI is InChI=1S/C16H26N2O4.C14H22N2O4.C9H14O4.C7H14N2O.BrH.Li.H2O/c1-2-22-15(21)16(7-5-8-16)12-13(19)17-9-11-18-10-4-3-6-14(18)20;17-11(10-14(13(19)20)5-3-6-14)15-7-9-16-8-2-1-4-12(16)18;1-2-13-8(12)9(4-3-5-9)6-7(10)11;8-4-6-9-5-2-1-3-7(9)10;;;/h2-12H2,1H3,(H,17,19);1-10H2,(H,15,17)(H,19,20);2-6H2,1H3,(H,10,11);1-6,8H2;1H;;1H2/q;;;;;+1;/p-1. The Morgan fingerprint density at radius 3 is 1.18 bits per heavy atom. The Hall–Kier alpha value is -3.77. The van der Waals surface area contributed by atoms with E-state index in [1.54, 1.807) is 23.6 Å². The summed E-state index contributed by atoms with van der Waals surface area (Å²) in [6.07, 6.45) is 14.9. The Bertz CT molecular complexity index is 1640. The first kappa shape index (κ1) is 64.2. The van der Waals surface area contributed by atoms with Crippen LogP contribution in [0.25, 0.3) is 0 Å². The van der Waals surface area contributed by atoms with E-state index >= 15 is 0 Å². The number of halogens is 1. The summed E-state index contributed by atoms with van der Waals surface area (Å²) in [5, 5.41) is 23.4. The van der Waals surface area contributed by atoms with E-state index in [9.17, 15) is 43.2 Å². The maximum atomic E-state index is 12.1. The van der Waals surface area contributed by atoms with Crippen LogP contribution < -0.4 is 35.2 Å². The number of esters is 2. The number of hydrogen-bond acceptors (Lipinski definition) is 13. The van der Waals surface area contributed by atoms with Gasteiger partial charge in [-0.1, -0.05) is 19.3 Å². The number of carboxylic acids is 2. The molecule has 0 unspecified atom stereocenters. The Balaban J connectivity index is 0.000000902. The number of hydrogen-bond donors (Lipinski definition) is 5. The molecule has 6 rings (SSSR count). The molecule has 0 spiro atoms. The normalized spacial score (nSPS) is 19.3. The van der Waals surface area contributed by atoms with Gasteiger partial charge in [0.25, 0.3) is 0 Å². The van der Waals surface area contributed by atoms with E-state index in [2.05, 4.69) is 10.6 Å². The molecule has 20 nitrogen and oxygen atoms in total. The quantitative estimate of drug-likeness (QED) is 0.0872. The molecule has 3 heterocycles. The molecule has 3 saturated carbocycles. The van der Waals surface area contributed by atoms with Crippen molar-refractivity contribution < 1.29 is 87.2 Å². The number of carboxylic acid groups (broad SMARTS) is 2. The van der Waals surface area contributed by atoms with Gasteiger partial charge in [-0.15, -0.1) is 17.0 Å². The minimum atomic E-state index is -0.923. The molecular weight excluding hydrogens is 947 g/mol. The number of rotatable bonds is 19. The molecule has 3 saturated heterocycles. The van der Waals surface area contributed by atoms with Gasteiger partial charge in [0.15, 0.2) is 0 Å². The molecule has 0 aromatic rings. The van der Waals surface area contributed by atoms with Crippen molar-refractivity contribution in [3.63, 3.8) is 0 Å². The van der Waals surface area contributed by atoms with E-state index in [4.69, 9.17) is 25.4 Å². The van der Waals surface area contributed by atoms with Crippen molar-refractivity contribution in [2.75, 3.05) is 72.1 Å². The molecule has 7 N–H and O–H groups in total. The first-order chi connectivity index (χ1) is 31.1. The molecule has 384 valence electrons. The number of aliphatic carboxylic acids is 2. The van der Waals surface area contributed by atoms with Gasteiger partial charge >= 0.3 is 42.7 Å². The SMILES string of the molecule is Br.CCOC(=O)C1(CC(=O)NCCN2CCCCC2=O)CCC1.CCOC(=O)C1(CC(=O)O)CCC1.NCCN1CCCCC1=O.O=C(CC1(C(=O)O)CCC1)NCCN1CCCCC1=O.[Li+].[OH-]. The van der Waals surface area contributed by atoms with Crippen LogP contribution in [0, 0.1) is 16.2 Å². The van der Waals surface area contributed by atoms with Crippen molar-refractivity contribution in [1.82, 2.24) is 25.3 Å². The molecule has 0 bridgehead atoms. The molecule has 0 radical (unpaired) electrons. The molecule has 0 atom stereocenters. The van der Waals surface area contributed by atoms with Crippen molar-refractivity contribution in [2.45, 2.75) is 149 Å². The van der Waals surface area contributed by atoms with Gasteiger partial charge in [-0.2, -0.15) is 0 Å². The molecule has 6 aliphatic rings. The first-order valence-corrected chi connectivity index (χ1v) is 23.9. The van der Waals surface area contributed by atoms with Gasteiger partial charge in [0, 0.05) is 91.0 Å². The van der Waals surface area contributed by atoms with Gasteiger partial charge in [0.1, 0.15) is 0 Å². The summed E-state index contributed by atoms with van der Waals surface area (Å²) < 4.78 is 9.94. The number of carbonyl (C=O) groups is 9. The van der Waals surface area contributed by atoms with Crippen LogP contribution in [-0.2, 0) is 52.6 Å². The number of carbonyl (C=O) groups excluding carboxylic acids is 7. The van der Waals surface area contributed by atoms with Crippen LogP contribution in [0.2, 0.25) is 0 Å². The maximum Gasteiger partial charge on any atom is 1.00 e. The fourth-order valence-corrected chi connectivity index (χ4v) is 8.89. The summed E-state index contributed by atoms with van der Waals surface area (Å²) in [4.78, 5) is 109. The van der Waals surface area contributed by atoms with Crippen LogP contribution in [0.3, 0.4) is 0 Å². The minimum Gasteiger partial charge on any atom is -0.870 e. The molecule has 0 aromatic heterocycles. The second-order valence-electron chi connectivity index (χ2n) is 18.1. The van der Waals surface area contributed by atoms with E-state index in [0.717, 1.165) is 103 Å². The largest absolute Gasteiger partial charge is 1.00 e.